The largest absolute Gasteiger partial charge is 0.319 e. The van der Waals surface area contributed by atoms with Crippen LogP contribution in [0.25, 0.3) is 0 Å². The third-order valence-corrected chi connectivity index (χ3v) is 1.53. The summed E-state index contributed by atoms with van der Waals surface area (Å²) in [6.07, 6.45) is 1.52. The maximum atomic E-state index is 10.1. The van der Waals surface area contributed by atoms with E-state index in [1.54, 1.807) is 0 Å². The number of carbonyl (C=O) groups excluding carboxylic acids is 1. The molecule has 0 bridgehead atoms. The third-order valence-electron chi connectivity index (χ3n) is 1.53. The quantitative estimate of drug-likeness (QED) is 0.457. The monoisotopic (exact) mass is 141 g/mol. The molecule has 2 heteroatoms. The fourth-order valence-corrected chi connectivity index (χ4v) is 0.821. The molecule has 1 unspecified atom stereocenters. The van der Waals surface area contributed by atoms with Gasteiger partial charge in [0.15, 0.2) is 0 Å². The van der Waals surface area contributed by atoms with Crippen molar-refractivity contribution in [2.45, 2.75) is 13.3 Å². The van der Waals surface area contributed by atoms with E-state index in [2.05, 4.69) is 11.9 Å². The van der Waals surface area contributed by atoms with Gasteiger partial charge in [-0.15, -0.1) is 0 Å². The molecule has 0 aromatic rings. The topological polar surface area (TPSA) is 29.1 Å². The Balaban J connectivity index is 3.71. The number of hydrogen-bond acceptors (Lipinski definition) is 2. The second-order valence-electron chi connectivity index (χ2n) is 2.50. The lowest BCUT2D eigenvalue weighted by molar-refractivity contribution is -0.108. The van der Waals surface area contributed by atoms with E-state index >= 15 is 0 Å². The lowest BCUT2D eigenvalue weighted by Gasteiger charge is -2.12. The maximum absolute atomic E-state index is 10.1. The van der Waals surface area contributed by atoms with Crippen LogP contribution < -0.4 is 5.32 Å². The van der Waals surface area contributed by atoms with Gasteiger partial charge in [0.1, 0.15) is 6.29 Å². The standard InChI is InChI=1S/C8H15NO/c1-7(2)8(4-5-10)6-9-3/h5,8-9H,1,4,6H2,2-3H3. The van der Waals surface area contributed by atoms with Crippen LogP contribution in [0.5, 0.6) is 0 Å². The van der Waals surface area contributed by atoms with Crippen LogP contribution in [0.1, 0.15) is 13.3 Å². The Morgan fingerprint density at radius 1 is 1.80 bits per heavy atom. The minimum atomic E-state index is 0.308. The number of aldehydes is 1. The molecular formula is C8H15NO. The molecule has 0 aliphatic carbocycles. The summed E-state index contributed by atoms with van der Waals surface area (Å²) in [5, 5.41) is 3.01. The molecule has 0 aromatic carbocycles. The van der Waals surface area contributed by atoms with Crippen molar-refractivity contribution in [3.63, 3.8) is 0 Å². The van der Waals surface area contributed by atoms with Gasteiger partial charge in [-0.2, -0.15) is 0 Å². The summed E-state index contributed by atoms with van der Waals surface area (Å²) in [5.74, 6) is 0.308. The van der Waals surface area contributed by atoms with Gasteiger partial charge in [-0.3, -0.25) is 0 Å². The second kappa shape index (κ2) is 5.18. The molecule has 2 nitrogen and oxygen atoms in total. The number of carbonyl (C=O) groups is 1. The van der Waals surface area contributed by atoms with Gasteiger partial charge in [-0.1, -0.05) is 12.2 Å². The Kier molecular flexibility index (Phi) is 4.85. The van der Waals surface area contributed by atoms with Crippen molar-refractivity contribution in [3.05, 3.63) is 12.2 Å². The fraction of sp³-hybridized carbons (Fsp3) is 0.625. The highest BCUT2D eigenvalue weighted by Gasteiger charge is 2.05. The van der Waals surface area contributed by atoms with Gasteiger partial charge in [-0.05, 0) is 19.9 Å². The van der Waals surface area contributed by atoms with E-state index in [0.717, 1.165) is 18.4 Å². The van der Waals surface area contributed by atoms with Crippen molar-refractivity contribution in [3.8, 4) is 0 Å². The van der Waals surface area contributed by atoms with Crippen molar-refractivity contribution in [1.82, 2.24) is 5.32 Å². The molecule has 0 fully saturated rings. The Bertz CT molecular complexity index is 120. The highest BCUT2D eigenvalue weighted by Crippen LogP contribution is 2.09. The van der Waals surface area contributed by atoms with Crippen LogP contribution in [0.2, 0.25) is 0 Å². The summed E-state index contributed by atoms with van der Waals surface area (Å²) in [6, 6.07) is 0. The smallest absolute Gasteiger partial charge is 0.120 e. The minimum absolute atomic E-state index is 0.308. The predicted molar refractivity (Wildman–Crippen MR) is 42.9 cm³/mol. The zero-order valence-electron chi connectivity index (χ0n) is 6.68. The highest BCUT2D eigenvalue weighted by atomic mass is 16.1. The minimum Gasteiger partial charge on any atom is -0.319 e. The molecule has 1 N–H and O–H groups in total. The average molecular weight is 141 g/mol. The Hall–Kier alpha value is -0.630. The van der Waals surface area contributed by atoms with Gasteiger partial charge in [-0.25, -0.2) is 0 Å². The van der Waals surface area contributed by atoms with Crippen molar-refractivity contribution in [2.75, 3.05) is 13.6 Å². The lowest BCUT2D eigenvalue weighted by Crippen LogP contribution is -2.19. The van der Waals surface area contributed by atoms with E-state index in [9.17, 15) is 4.79 Å². The zero-order chi connectivity index (χ0) is 7.98. The molecule has 0 saturated heterocycles. The molecule has 0 aliphatic rings. The van der Waals surface area contributed by atoms with Crippen LogP contribution >= 0.6 is 0 Å². The fourth-order valence-electron chi connectivity index (χ4n) is 0.821. The Labute approximate surface area is 62.3 Å². The van der Waals surface area contributed by atoms with E-state index in [-0.39, 0.29) is 0 Å². The predicted octanol–water partition coefficient (Wildman–Crippen LogP) is 0.987. The van der Waals surface area contributed by atoms with Crippen molar-refractivity contribution < 1.29 is 4.79 Å². The van der Waals surface area contributed by atoms with E-state index < -0.39 is 0 Å². The van der Waals surface area contributed by atoms with Crippen LogP contribution in [0.3, 0.4) is 0 Å². The second-order valence-corrected chi connectivity index (χ2v) is 2.50. The summed E-state index contributed by atoms with van der Waals surface area (Å²) in [6.45, 7) is 6.59. The molecule has 0 saturated carbocycles. The summed E-state index contributed by atoms with van der Waals surface area (Å²) < 4.78 is 0. The zero-order valence-corrected chi connectivity index (χ0v) is 6.68. The van der Waals surface area contributed by atoms with E-state index in [4.69, 9.17) is 0 Å². The normalized spacial score (nSPS) is 12.6. The van der Waals surface area contributed by atoms with E-state index in [1.807, 2.05) is 14.0 Å². The summed E-state index contributed by atoms with van der Waals surface area (Å²) >= 11 is 0. The van der Waals surface area contributed by atoms with Gasteiger partial charge in [0, 0.05) is 13.0 Å². The van der Waals surface area contributed by atoms with Crippen molar-refractivity contribution in [2.24, 2.45) is 5.92 Å². The first-order valence-corrected chi connectivity index (χ1v) is 3.46. The number of hydrogen-bond donors (Lipinski definition) is 1. The average Bonchev–Trinajstić information content (AvgIpc) is 1.87. The third kappa shape index (κ3) is 3.41. The van der Waals surface area contributed by atoms with Gasteiger partial charge >= 0.3 is 0 Å². The van der Waals surface area contributed by atoms with Crippen LogP contribution in [0.15, 0.2) is 12.2 Å². The highest BCUT2D eigenvalue weighted by molar-refractivity contribution is 5.50. The first kappa shape index (κ1) is 9.37. The SMILES string of the molecule is C=C(C)C(CC=O)CNC. The summed E-state index contributed by atoms with van der Waals surface area (Å²) in [7, 11) is 1.88. The summed E-state index contributed by atoms with van der Waals surface area (Å²) in [5.41, 5.74) is 1.07. The molecule has 58 valence electrons. The molecule has 0 aliphatic heterocycles. The van der Waals surface area contributed by atoms with Crippen molar-refractivity contribution >= 4 is 6.29 Å². The lowest BCUT2D eigenvalue weighted by atomic mass is 9.99. The van der Waals surface area contributed by atoms with Gasteiger partial charge in [0.2, 0.25) is 0 Å². The Morgan fingerprint density at radius 3 is 2.70 bits per heavy atom. The first-order valence-electron chi connectivity index (χ1n) is 3.46. The summed E-state index contributed by atoms with van der Waals surface area (Å²) in [4.78, 5) is 10.1. The Morgan fingerprint density at radius 2 is 2.40 bits per heavy atom. The van der Waals surface area contributed by atoms with Crippen LogP contribution in [0, 0.1) is 5.92 Å². The molecule has 0 aromatic heterocycles. The number of nitrogens with one attached hydrogen (secondary N) is 1. The number of rotatable bonds is 5. The van der Waals surface area contributed by atoms with E-state index in [1.165, 1.54) is 0 Å². The van der Waals surface area contributed by atoms with Crippen LogP contribution in [-0.4, -0.2) is 19.9 Å². The van der Waals surface area contributed by atoms with Gasteiger partial charge < -0.3 is 10.1 Å². The molecule has 0 rings (SSSR count). The first-order chi connectivity index (χ1) is 4.72. The molecule has 1 atom stereocenters. The molecule has 10 heavy (non-hydrogen) atoms. The van der Waals surface area contributed by atoms with Crippen LogP contribution in [0.4, 0.5) is 0 Å². The van der Waals surface area contributed by atoms with Crippen molar-refractivity contribution in [1.29, 1.82) is 0 Å². The maximum Gasteiger partial charge on any atom is 0.120 e. The van der Waals surface area contributed by atoms with Crippen LogP contribution in [-0.2, 0) is 4.79 Å². The molecule has 0 spiro atoms. The molecular weight excluding hydrogens is 126 g/mol. The van der Waals surface area contributed by atoms with E-state index in [0.29, 0.717) is 12.3 Å². The molecule has 0 radical (unpaired) electrons. The molecule has 0 heterocycles. The van der Waals surface area contributed by atoms with Gasteiger partial charge in [0.25, 0.3) is 0 Å². The van der Waals surface area contributed by atoms with Gasteiger partial charge in [0.05, 0.1) is 0 Å². The molecule has 0 amide bonds.